The second kappa shape index (κ2) is 6.63. The van der Waals surface area contributed by atoms with E-state index >= 15 is 0 Å². The Morgan fingerprint density at radius 2 is 1.78 bits per heavy atom. The first-order valence-corrected chi connectivity index (χ1v) is 8.88. The average molecular weight is 314 g/mol. The number of aliphatic hydroxyl groups excluding tert-OH is 1. The zero-order valence-corrected chi connectivity index (χ0v) is 13.7. The van der Waals surface area contributed by atoms with Crippen LogP contribution in [0.15, 0.2) is 34.9 Å². The van der Waals surface area contributed by atoms with E-state index in [9.17, 15) is 5.11 Å². The summed E-state index contributed by atoms with van der Waals surface area (Å²) in [7, 11) is 0. The van der Waals surface area contributed by atoms with Crippen LogP contribution in [0.2, 0.25) is 0 Å². The zero-order valence-electron chi connectivity index (χ0n) is 13.7. The summed E-state index contributed by atoms with van der Waals surface area (Å²) in [4.78, 5) is 5.16. The third kappa shape index (κ3) is 3.44. The quantitative estimate of drug-likeness (QED) is 0.946. The monoisotopic (exact) mass is 314 g/mol. The Kier molecular flexibility index (Phi) is 4.38. The molecule has 4 heteroatoms. The predicted molar refractivity (Wildman–Crippen MR) is 91.3 cm³/mol. The predicted octanol–water partition coefficient (Wildman–Crippen LogP) is 2.85. The molecule has 0 amide bonds. The van der Waals surface area contributed by atoms with Crippen molar-refractivity contribution in [3.05, 3.63) is 36.1 Å². The van der Waals surface area contributed by atoms with Crippen molar-refractivity contribution in [1.29, 1.82) is 0 Å². The van der Waals surface area contributed by atoms with Crippen LogP contribution in [0.25, 0.3) is 11.0 Å². The lowest BCUT2D eigenvalue weighted by Gasteiger charge is -2.41. The molecule has 3 heterocycles. The van der Waals surface area contributed by atoms with Gasteiger partial charge in [0.15, 0.2) is 0 Å². The molecule has 0 aliphatic carbocycles. The second-order valence-corrected chi connectivity index (χ2v) is 7.07. The maximum Gasteiger partial charge on any atom is 0.133 e. The molecule has 2 aromatic rings. The van der Waals surface area contributed by atoms with Gasteiger partial charge in [-0.2, -0.15) is 0 Å². The summed E-state index contributed by atoms with van der Waals surface area (Å²) in [5.74, 6) is 0. The number of fused-ring (bicyclic) bond motifs is 1. The van der Waals surface area contributed by atoms with E-state index in [-0.39, 0.29) is 6.10 Å². The summed E-state index contributed by atoms with van der Waals surface area (Å²) < 4.78 is 5.41. The third-order valence-corrected chi connectivity index (χ3v) is 5.50. The fraction of sp³-hybridized carbons (Fsp3) is 0.579. The molecule has 0 spiro atoms. The Morgan fingerprint density at radius 3 is 2.57 bits per heavy atom. The Labute approximate surface area is 137 Å². The minimum absolute atomic E-state index is 0.0656. The van der Waals surface area contributed by atoms with E-state index in [0.29, 0.717) is 0 Å². The molecule has 23 heavy (non-hydrogen) atoms. The van der Waals surface area contributed by atoms with Crippen LogP contribution in [0, 0.1) is 0 Å². The van der Waals surface area contributed by atoms with Gasteiger partial charge in [0.25, 0.3) is 0 Å². The molecule has 2 aliphatic rings. The van der Waals surface area contributed by atoms with Gasteiger partial charge >= 0.3 is 0 Å². The van der Waals surface area contributed by atoms with Gasteiger partial charge in [-0.3, -0.25) is 4.90 Å². The first-order valence-electron chi connectivity index (χ1n) is 8.88. The molecule has 0 bridgehead atoms. The van der Waals surface area contributed by atoms with Crippen molar-refractivity contribution in [1.82, 2.24) is 9.80 Å². The van der Waals surface area contributed by atoms with E-state index in [1.165, 1.54) is 36.9 Å². The van der Waals surface area contributed by atoms with Crippen LogP contribution >= 0.6 is 0 Å². The number of piperidine rings is 2. The van der Waals surface area contributed by atoms with Gasteiger partial charge in [0.2, 0.25) is 0 Å². The number of rotatable bonds is 3. The van der Waals surface area contributed by atoms with Gasteiger partial charge in [0.05, 0.1) is 12.4 Å². The highest BCUT2D eigenvalue weighted by atomic mass is 16.3. The smallest absolute Gasteiger partial charge is 0.133 e. The fourth-order valence-electron chi connectivity index (χ4n) is 4.07. The van der Waals surface area contributed by atoms with Crippen molar-refractivity contribution in [3.8, 4) is 0 Å². The number of furan rings is 1. The molecule has 2 aliphatic heterocycles. The summed E-state index contributed by atoms with van der Waals surface area (Å²) >= 11 is 0. The van der Waals surface area contributed by atoms with Crippen LogP contribution in [-0.2, 0) is 6.54 Å². The van der Waals surface area contributed by atoms with Gasteiger partial charge in [-0.25, -0.2) is 0 Å². The van der Waals surface area contributed by atoms with Crippen molar-refractivity contribution in [2.24, 2.45) is 0 Å². The lowest BCUT2D eigenvalue weighted by Crippen LogP contribution is -2.48. The molecule has 124 valence electrons. The van der Waals surface area contributed by atoms with Crippen LogP contribution in [-0.4, -0.2) is 53.2 Å². The van der Waals surface area contributed by atoms with E-state index < -0.39 is 0 Å². The maximum absolute atomic E-state index is 9.65. The number of likely N-dealkylation sites (tertiary alicyclic amines) is 2. The highest BCUT2D eigenvalue weighted by Crippen LogP contribution is 2.23. The van der Waals surface area contributed by atoms with E-state index in [4.69, 9.17) is 4.42 Å². The van der Waals surface area contributed by atoms with Crippen molar-refractivity contribution in [3.63, 3.8) is 0 Å². The van der Waals surface area contributed by atoms with Crippen molar-refractivity contribution >= 4 is 11.0 Å². The lowest BCUT2D eigenvalue weighted by atomic mass is 9.98. The van der Waals surface area contributed by atoms with Crippen LogP contribution in [0.3, 0.4) is 0 Å². The maximum atomic E-state index is 9.65. The normalized spacial score (nSPS) is 22.8. The first-order chi connectivity index (χ1) is 11.3. The SMILES string of the molecule is OC1CCN(C2CCN(Cc3ccc4occc4c3)CC2)CC1. The van der Waals surface area contributed by atoms with Crippen molar-refractivity contribution < 1.29 is 9.52 Å². The first kappa shape index (κ1) is 15.2. The Bertz CT molecular complexity index is 638. The van der Waals surface area contributed by atoms with Crippen LogP contribution in [0.5, 0.6) is 0 Å². The molecule has 1 N–H and O–H groups in total. The minimum atomic E-state index is -0.0656. The topological polar surface area (TPSA) is 39.9 Å². The Morgan fingerprint density at radius 1 is 1.00 bits per heavy atom. The molecule has 1 aromatic heterocycles. The highest BCUT2D eigenvalue weighted by Gasteiger charge is 2.27. The summed E-state index contributed by atoms with van der Waals surface area (Å²) in [6.07, 6.45) is 6.10. The highest BCUT2D eigenvalue weighted by molar-refractivity contribution is 5.77. The van der Waals surface area contributed by atoms with Gasteiger partial charge in [-0.05, 0) is 62.5 Å². The molecule has 0 radical (unpaired) electrons. The van der Waals surface area contributed by atoms with Crippen LogP contribution in [0.4, 0.5) is 0 Å². The van der Waals surface area contributed by atoms with Gasteiger partial charge < -0.3 is 14.4 Å². The molecule has 0 unspecified atom stereocenters. The molecule has 1 aromatic carbocycles. The van der Waals surface area contributed by atoms with E-state index in [0.717, 1.165) is 44.1 Å². The third-order valence-electron chi connectivity index (χ3n) is 5.50. The molecule has 0 atom stereocenters. The number of nitrogens with zero attached hydrogens (tertiary/aromatic N) is 2. The van der Waals surface area contributed by atoms with E-state index in [1.54, 1.807) is 6.26 Å². The lowest BCUT2D eigenvalue weighted by molar-refractivity contribution is 0.0375. The van der Waals surface area contributed by atoms with Crippen molar-refractivity contribution in [2.45, 2.75) is 44.4 Å². The number of hydrogen-bond donors (Lipinski definition) is 1. The number of hydrogen-bond acceptors (Lipinski definition) is 4. The molecule has 0 saturated carbocycles. The van der Waals surface area contributed by atoms with Gasteiger partial charge in [-0.15, -0.1) is 0 Å². The molecule has 2 saturated heterocycles. The largest absolute Gasteiger partial charge is 0.464 e. The fourth-order valence-corrected chi connectivity index (χ4v) is 4.07. The Balaban J connectivity index is 1.31. The van der Waals surface area contributed by atoms with E-state index in [2.05, 4.69) is 28.0 Å². The summed E-state index contributed by atoms with van der Waals surface area (Å²) in [5, 5.41) is 10.8. The number of benzene rings is 1. The van der Waals surface area contributed by atoms with Gasteiger partial charge in [0, 0.05) is 31.1 Å². The van der Waals surface area contributed by atoms with Crippen LogP contribution in [0.1, 0.15) is 31.2 Å². The molecule has 4 nitrogen and oxygen atoms in total. The minimum Gasteiger partial charge on any atom is -0.464 e. The average Bonchev–Trinajstić information content (AvgIpc) is 3.04. The standard InChI is InChI=1S/C19H26N2O2/c22-18-5-10-21(11-6-18)17-3-8-20(9-4-17)14-15-1-2-19-16(13-15)7-12-23-19/h1-2,7,12-13,17-18,22H,3-6,8-11,14H2. The summed E-state index contributed by atoms with van der Waals surface area (Å²) in [5.41, 5.74) is 2.35. The van der Waals surface area contributed by atoms with Gasteiger partial charge in [0.1, 0.15) is 5.58 Å². The number of aliphatic hydroxyl groups is 1. The zero-order chi connectivity index (χ0) is 15.6. The second-order valence-electron chi connectivity index (χ2n) is 7.07. The van der Waals surface area contributed by atoms with E-state index in [1.807, 2.05) is 6.07 Å². The Hall–Kier alpha value is -1.36. The van der Waals surface area contributed by atoms with Gasteiger partial charge in [-0.1, -0.05) is 6.07 Å². The molecular weight excluding hydrogens is 288 g/mol. The van der Waals surface area contributed by atoms with Crippen LogP contribution < -0.4 is 0 Å². The molecular formula is C19H26N2O2. The summed E-state index contributed by atoms with van der Waals surface area (Å²) in [6, 6.07) is 9.27. The molecule has 4 rings (SSSR count). The van der Waals surface area contributed by atoms with Crippen molar-refractivity contribution in [2.75, 3.05) is 26.2 Å². The molecule has 2 fully saturated rings. The summed E-state index contributed by atoms with van der Waals surface area (Å²) in [6.45, 7) is 5.53.